The molecule has 1 aromatic rings. The predicted molar refractivity (Wildman–Crippen MR) is 81.1 cm³/mol. The van der Waals surface area contributed by atoms with E-state index in [1.165, 1.54) is 0 Å². The number of halogens is 8. The van der Waals surface area contributed by atoms with Crippen molar-refractivity contribution in [2.24, 2.45) is 0 Å². The monoisotopic (exact) mass is 394 g/mol. The van der Waals surface area contributed by atoms with E-state index in [9.17, 15) is 30.7 Å². The highest BCUT2D eigenvalue weighted by molar-refractivity contribution is 5.85. The summed E-state index contributed by atoms with van der Waals surface area (Å²) < 4.78 is 89.3. The molecule has 1 fully saturated rings. The second-order valence-electron chi connectivity index (χ2n) is 5.69. The molecule has 0 spiro atoms. The van der Waals surface area contributed by atoms with E-state index in [-0.39, 0.29) is 24.4 Å². The number of hydrogen-bond acceptors (Lipinski definition) is 2. The van der Waals surface area contributed by atoms with Gasteiger partial charge in [0.15, 0.2) is 0 Å². The van der Waals surface area contributed by atoms with Crippen molar-refractivity contribution >= 4 is 12.4 Å². The van der Waals surface area contributed by atoms with Crippen LogP contribution in [0, 0.1) is 5.82 Å². The van der Waals surface area contributed by atoms with Gasteiger partial charge in [-0.25, -0.2) is 4.39 Å². The lowest BCUT2D eigenvalue weighted by Gasteiger charge is -2.35. The summed E-state index contributed by atoms with van der Waals surface area (Å²) in [5, 5.41) is 3.05. The molecule has 1 aliphatic heterocycles. The maximum atomic E-state index is 13.8. The number of nitrogens with zero attached hydrogens (tertiary/aromatic N) is 1. The normalized spacial score (nSPS) is 17.9. The summed E-state index contributed by atoms with van der Waals surface area (Å²) in [5.41, 5.74) is -1.28. The average molecular weight is 395 g/mol. The van der Waals surface area contributed by atoms with E-state index < -0.39 is 36.2 Å². The van der Waals surface area contributed by atoms with Gasteiger partial charge in [-0.2, -0.15) is 26.3 Å². The molecule has 0 unspecified atom stereocenters. The molecule has 2 nitrogen and oxygen atoms in total. The van der Waals surface area contributed by atoms with Crippen LogP contribution in [0.5, 0.6) is 0 Å². The van der Waals surface area contributed by atoms with E-state index in [0.29, 0.717) is 38.3 Å². The molecule has 0 saturated carbocycles. The fraction of sp³-hybridized carbons (Fsp3) is 0.600. The number of nitrogens with one attached hydrogen (secondary N) is 1. The standard InChI is InChI=1S/C15H17F7N2.ClH/c16-12-9-10(1-2-11(12)15(20,21)22)13(3-4-14(17,18)19)24-7-5-23-6-8-24;/h1-2,9,13,23H,3-8H2;1H/t13-;/m1./s1. The highest BCUT2D eigenvalue weighted by atomic mass is 35.5. The Morgan fingerprint density at radius 1 is 1.04 bits per heavy atom. The highest BCUT2D eigenvalue weighted by Gasteiger charge is 2.35. The van der Waals surface area contributed by atoms with E-state index in [2.05, 4.69) is 5.32 Å². The molecule has 0 amide bonds. The SMILES string of the molecule is Cl.Fc1cc([C@@H](CCC(F)(F)F)N2CCNCC2)ccc1C(F)(F)F. The zero-order chi connectivity index (χ0) is 18.0. The molecule has 0 radical (unpaired) electrons. The minimum Gasteiger partial charge on any atom is -0.314 e. The van der Waals surface area contributed by atoms with Gasteiger partial charge >= 0.3 is 12.4 Å². The number of benzene rings is 1. The Morgan fingerprint density at radius 3 is 2.12 bits per heavy atom. The maximum absolute atomic E-state index is 13.8. The van der Waals surface area contributed by atoms with Crippen molar-refractivity contribution in [3.8, 4) is 0 Å². The van der Waals surface area contributed by atoms with Crippen LogP contribution in [-0.2, 0) is 6.18 Å². The van der Waals surface area contributed by atoms with Crippen LogP contribution in [0.4, 0.5) is 30.7 Å². The summed E-state index contributed by atoms with van der Waals surface area (Å²) in [7, 11) is 0. The minimum atomic E-state index is -4.83. The van der Waals surface area contributed by atoms with Crippen molar-refractivity contribution in [1.29, 1.82) is 0 Å². The van der Waals surface area contributed by atoms with Gasteiger partial charge in [0.1, 0.15) is 5.82 Å². The molecular formula is C15H18ClF7N2. The summed E-state index contributed by atoms with van der Waals surface area (Å²) in [5.74, 6) is -1.47. The van der Waals surface area contributed by atoms with Crippen LogP contribution >= 0.6 is 12.4 Å². The summed E-state index contributed by atoms with van der Waals surface area (Å²) in [6.07, 6.45) is -10.6. The third kappa shape index (κ3) is 6.31. The molecule has 10 heteroatoms. The van der Waals surface area contributed by atoms with Gasteiger partial charge < -0.3 is 5.32 Å². The Kier molecular flexibility index (Phi) is 7.52. The molecule has 1 aliphatic rings. The largest absolute Gasteiger partial charge is 0.419 e. The third-order valence-corrected chi connectivity index (χ3v) is 3.98. The van der Waals surface area contributed by atoms with Gasteiger partial charge in [-0.15, -0.1) is 12.4 Å². The van der Waals surface area contributed by atoms with Crippen LogP contribution in [0.15, 0.2) is 18.2 Å². The molecule has 25 heavy (non-hydrogen) atoms. The van der Waals surface area contributed by atoms with Gasteiger partial charge in [0.2, 0.25) is 0 Å². The first kappa shape index (κ1) is 22.0. The number of hydrogen-bond donors (Lipinski definition) is 1. The Bertz CT molecular complexity index is 554. The summed E-state index contributed by atoms with van der Waals surface area (Å²) in [4.78, 5) is 1.74. The molecule has 1 heterocycles. The minimum absolute atomic E-state index is 0. The van der Waals surface area contributed by atoms with Crippen molar-refractivity contribution in [1.82, 2.24) is 10.2 Å². The molecule has 0 aromatic heterocycles. The smallest absolute Gasteiger partial charge is 0.314 e. The van der Waals surface area contributed by atoms with Crippen molar-refractivity contribution in [3.05, 3.63) is 35.1 Å². The lowest BCUT2D eigenvalue weighted by Crippen LogP contribution is -2.45. The summed E-state index contributed by atoms with van der Waals surface area (Å²) >= 11 is 0. The Morgan fingerprint density at radius 2 is 1.64 bits per heavy atom. The van der Waals surface area contributed by atoms with E-state index in [1.54, 1.807) is 4.90 Å². The molecule has 0 bridgehead atoms. The van der Waals surface area contributed by atoms with Crippen LogP contribution in [0.3, 0.4) is 0 Å². The van der Waals surface area contributed by atoms with Gasteiger partial charge in [-0.05, 0) is 24.1 Å². The van der Waals surface area contributed by atoms with E-state index in [0.717, 1.165) is 6.07 Å². The van der Waals surface area contributed by atoms with E-state index in [4.69, 9.17) is 0 Å². The van der Waals surface area contributed by atoms with E-state index in [1.807, 2.05) is 0 Å². The van der Waals surface area contributed by atoms with Crippen molar-refractivity contribution in [2.75, 3.05) is 26.2 Å². The van der Waals surface area contributed by atoms with Crippen LogP contribution in [0.2, 0.25) is 0 Å². The van der Waals surface area contributed by atoms with Crippen LogP contribution in [0.25, 0.3) is 0 Å². The predicted octanol–water partition coefficient (Wildman–Crippen LogP) is 4.56. The quantitative estimate of drug-likeness (QED) is 0.753. The van der Waals surface area contributed by atoms with Gasteiger partial charge in [0.05, 0.1) is 5.56 Å². The van der Waals surface area contributed by atoms with Gasteiger partial charge in [-0.1, -0.05) is 6.07 Å². The zero-order valence-corrected chi connectivity index (χ0v) is 13.9. The number of alkyl halides is 6. The first-order valence-electron chi connectivity index (χ1n) is 7.46. The fourth-order valence-electron chi connectivity index (χ4n) is 2.82. The molecule has 1 saturated heterocycles. The van der Waals surface area contributed by atoms with Crippen molar-refractivity contribution in [2.45, 2.75) is 31.2 Å². The second kappa shape index (κ2) is 8.55. The molecule has 2 rings (SSSR count). The molecule has 0 aliphatic carbocycles. The zero-order valence-electron chi connectivity index (χ0n) is 13.1. The highest BCUT2D eigenvalue weighted by Crippen LogP contribution is 2.36. The molecule has 144 valence electrons. The number of rotatable bonds is 4. The lowest BCUT2D eigenvalue weighted by atomic mass is 9.97. The lowest BCUT2D eigenvalue weighted by molar-refractivity contribution is -0.140. The Hall–Kier alpha value is -1.06. The van der Waals surface area contributed by atoms with Gasteiger partial charge in [0, 0.05) is 38.6 Å². The topological polar surface area (TPSA) is 15.3 Å². The molecule has 1 N–H and O–H groups in total. The maximum Gasteiger partial charge on any atom is 0.419 e. The van der Waals surface area contributed by atoms with Crippen LogP contribution in [0.1, 0.15) is 30.0 Å². The first-order valence-corrected chi connectivity index (χ1v) is 7.46. The van der Waals surface area contributed by atoms with Crippen molar-refractivity contribution in [3.63, 3.8) is 0 Å². The Labute approximate surface area is 146 Å². The first-order chi connectivity index (χ1) is 11.1. The van der Waals surface area contributed by atoms with E-state index >= 15 is 0 Å². The van der Waals surface area contributed by atoms with Gasteiger partial charge in [0.25, 0.3) is 0 Å². The van der Waals surface area contributed by atoms with Crippen molar-refractivity contribution < 1.29 is 30.7 Å². The molecule has 1 atom stereocenters. The van der Waals surface area contributed by atoms with Gasteiger partial charge in [-0.3, -0.25) is 4.90 Å². The molecular weight excluding hydrogens is 377 g/mol. The average Bonchev–Trinajstić information content (AvgIpc) is 2.46. The fourth-order valence-corrected chi connectivity index (χ4v) is 2.82. The summed E-state index contributed by atoms with van der Waals surface area (Å²) in [6, 6.07) is 1.58. The third-order valence-electron chi connectivity index (χ3n) is 3.98. The Balaban J connectivity index is 0.00000312. The van der Waals surface area contributed by atoms with Crippen LogP contribution < -0.4 is 5.32 Å². The van der Waals surface area contributed by atoms with Crippen LogP contribution in [-0.4, -0.2) is 37.3 Å². The second-order valence-corrected chi connectivity index (χ2v) is 5.69. The number of piperazine rings is 1. The summed E-state index contributed by atoms with van der Waals surface area (Å²) in [6.45, 7) is 2.02. The molecule has 1 aromatic carbocycles.